The van der Waals surface area contributed by atoms with E-state index in [-0.39, 0.29) is 0 Å². The molecule has 1 heterocycles. The van der Waals surface area contributed by atoms with Gasteiger partial charge in [-0.2, -0.15) is 0 Å². The molecule has 0 aromatic heterocycles. The first kappa shape index (κ1) is 21.3. The molecule has 1 amide bonds. The maximum atomic E-state index is 11.9. The Balaban J connectivity index is 1.74. The highest BCUT2D eigenvalue weighted by molar-refractivity contribution is 5.76. The zero-order valence-corrected chi connectivity index (χ0v) is 16.2. The molecule has 1 aliphatic heterocycles. The normalized spacial score (nSPS) is 14.8. The van der Waals surface area contributed by atoms with Gasteiger partial charge in [-0.3, -0.25) is 4.79 Å². The molecule has 2 heteroatoms. The van der Waals surface area contributed by atoms with Crippen LogP contribution in [0, 0.1) is 0 Å². The maximum Gasteiger partial charge on any atom is 0.222 e. The van der Waals surface area contributed by atoms with Crippen LogP contribution < -0.4 is 0 Å². The minimum Gasteiger partial charge on any atom is -0.343 e. The molecule has 1 saturated heterocycles. The quantitative estimate of drug-likeness (QED) is 0.242. The molecule has 0 spiro atoms. The zero-order valence-electron chi connectivity index (χ0n) is 16.2. The van der Waals surface area contributed by atoms with Crippen LogP contribution in [-0.2, 0) is 4.79 Å². The van der Waals surface area contributed by atoms with Crippen LogP contribution in [0.15, 0.2) is 12.2 Å². The fourth-order valence-corrected chi connectivity index (χ4v) is 3.46. The third-order valence-electron chi connectivity index (χ3n) is 5.11. The lowest BCUT2D eigenvalue weighted by Crippen LogP contribution is -2.27. The Kier molecular flexibility index (Phi) is 13.9. The van der Waals surface area contributed by atoms with Gasteiger partial charge in [-0.1, -0.05) is 76.9 Å². The maximum absolute atomic E-state index is 11.9. The van der Waals surface area contributed by atoms with Gasteiger partial charge in [0.25, 0.3) is 0 Å². The second-order valence-corrected chi connectivity index (χ2v) is 7.42. The Labute approximate surface area is 151 Å². The van der Waals surface area contributed by atoms with E-state index < -0.39 is 0 Å². The van der Waals surface area contributed by atoms with Gasteiger partial charge >= 0.3 is 0 Å². The summed E-state index contributed by atoms with van der Waals surface area (Å²) >= 11 is 0. The lowest BCUT2D eigenvalue weighted by atomic mass is 10.1. The summed E-state index contributed by atoms with van der Waals surface area (Å²) < 4.78 is 0. The average molecular weight is 336 g/mol. The third kappa shape index (κ3) is 11.7. The van der Waals surface area contributed by atoms with Gasteiger partial charge in [-0.25, -0.2) is 0 Å². The molecule has 0 bridgehead atoms. The van der Waals surface area contributed by atoms with Crippen LogP contribution in [-0.4, -0.2) is 23.9 Å². The van der Waals surface area contributed by atoms with Gasteiger partial charge in [0.1, 0.15) is 0 Å². The van der Waals surface area contributed by atoms with Crippen molar-refractivity contribution in [2.24, 2.45) is 0 Å². The van der Waals surface area contributed by atoms with Crippen molar-refractivity contribution in [3.63, 3.8) is 0 Å². The number of carbonyl (C=O) groups excluding carboxylic acids is 1. The van der Waals surface area contributed by atoms with Gasteiger partial charge in [-0.05, 0) is 38.5 Å². The number of hydrogen-bond donors (Lipinski definition) is 0. The van der Waals surface area contributed by atoms with E-state index >= 15 is 0 Å². The van der Waals surface area contributed by atoms with E-state index in [1.807, 2.05) is 0 Å². The summed E-state index contributed by atoms with van der Waals surface area (Å²) in [6.45, 7) is 4.27. The molecule has 140 valence electrons. The van der Waals surface area contributed by atoms with Gasteiger partial charge in [0, 0.05) is 19.5 Å². The molecule has 0 N–H and O–H groups in total. The standard InChI is InChI=1S/C22H41NO/c1-2-3-4-5-6-7-8-9-10-11-12-13-14-15-16-19-22(24)23-20-17-18-21-23/h5-6H,2-4,7-21H2,1H3. The van der Waals surface area contributed by atoms with Crippen molar-refractivity contribution in [2.45, 2.75) is 110 Å². The summed E-state index contributed by atoms with van der Waals surface area (Å²) in [6.07, 6.45) is 25.0. The molecule has 0 saturated carbocycles. The molecule has 0 unspecified atom stereocenters. The lowest BCUT2D eigenvalue weighted by Gasteiger charge is -2.14. The van der Waals surface area contributed by atoms with Crippen LogP contribution >= 0.6 is 0 Å². The third-order valence-corrected chi connectivity index (χ3v) is 5.11. The number of carbonyl (C=O) groups is 1. The molecule has 0 aliphatic carbocycles. The van der Waals surface area contributed by atoms with Crippen LogP contribution in [0.25, 0.3) is 0 Å². The summed E-state index contributed by atoms with van der Waals surface area (Å²) in [5, 5.41) is 0. The molecule has 24 heavy (non-hydrogen) atoms. The second kappa shape index (κ2) is 15.7. The van der Waals surface area contributed by atoms with Gasteiger partial charge < -0.3 is 4.90 Å². The number of unbranched alkanes of at least 4 members (excludes halogenated alkanes) is 11. The van der Waals surface area contributed by atoms with E-state index in [0.717, 1.165) is 25.9 Å². The molecular formula is C22H41NO. The highest BCUT2D eigenvalue weighted by Gasteiger charge is 2.16. The Morgan fingerprint density at radius 2 is 1.25 bits per heavy atom. The Morgan fingerprint density at radius 1 is 0.750 bits per heavy atom. The topological polar surface area (TPSA) is 20.3 Å². The number of rotatable bonds is 15. The van der Waals surface area contributed by atoms with Crippen molar-refractivity contribution < 1.29 is 4.79 Å². The summed E-state index contributed by atoms with van der Waals surface area (Å²) in [5.74, 6) is 0.399. The first-order valence-corrected chi connectivity index (χ1v) is 10.8. The highest BCUT2D eigenvalue weighted by Crippen LogP contribution is 2.14. The number of nitrogens with zero attached hydrogens (tertiary/aromatic N) is 1. The Bertz CT molecular complexity index is 318. The molecule has 0 aromatic rings. The van der Waals surface area contributed by atoms with Crippen molar-refractivity contribution >= 4 is 5.91 Å². The molecule has 1 rings (SSSR count). The summed E-state index contributed by atoms with van der Waals surface area (Å²) in [6, 6.07) is 0. The first-order chi connectivity index (χ1) is 11.8. The summed E-state index contributed by atoms with van der Waals surface area (Å²) in [4.78, 5) is 14.0. The van der Waals surface area contributed by atoms with E-state index in [1.165, 1.54) is 89.9 Å². The highest BCUT2D eigenvalue weighted by atomic mass is 16.2. The number of likely N-dealkylation sites (tertiary alicyclic amines) is 1. The molecule has 0 atom stereocenters. The van der Waals surface area contributed by atoms with Crippen molar-refractivity contribution in [2.75, 3.05) is 13.1 Å². The van der Waals surface area contributed by atoms with E-state index in [4.69, 9.17) is 0 Å². The van der Waals surface area contributed by atoms with Crippen LogP contribution in [0.5, 0.6) is 0 Å². The summed E-state index contributed by atoms with van der Waals surface area (Å²) in [7, 11) is 0. The molecule has 0 aromatic carbocycles. The Morgan fingerprint density at radius 3 is 1.83 bits per heavy atom. The smallest absolute Gasteiger partial charge is 0.222 e. The Hall–Kier alpha value is -0.790. The van der Waals surface area contributed by atoms with Crippen molar-refractivity contribution in [1.82, 2.24) is 4.90 Å². The first-order valence-electron chi connectivity index (χ1n) is 10.8. The fourth-order valence-electron chi connectivity index (χ4n) is 3.46. The number of hydrogen-bond acceptors (Lipinski definition) is 1. The van der Waals surface area contributed by atoms with Crippen LogP contribution in [0.2, 0.25) is 0 Å². The van der Waals surface area contributed by atoms with Crippen molar-refractivity contribution in [3.05, 3.63) is 12.2 Å². The lowest BCUT2D eigenvalue weighted by molar-refractivity contribution is -0.130. The van der Waals surface area contributed by atoms with Crippen molar-refractivity contribution in [3.8, 4) is 0 Å². The molecular weight excluding hydrogens is 294 g/mol. The SMILES string of the molecule is CCCCC=CCCCCCCCCCCCC(=O)N1CCCC1. The molecule has 0 radical (unpaired) electrons. The largest absolute Gasteiger partial charge is 0.343 e. The van der Waals surface area contributed by atoms with E-state index in [9.17, 15) is 4.79 Å². The zero-order chi connectivity index (χ0) is 17.3. The second-order valence-electron chi connectivity index (χ2n) is 7.42. The predicted octanol–water partition coefficient (Wildman–Crippen LogP) is 6.65. The number of allylic oxidation sites excluding steroid dienone is 2. The summed E-state index contributed by atoms with van der Waals surface area (Å²) in [5.41, 5.74) is 0. The van der Waals surface area contributed by atoms with Gasteiger partial charge in [0.15, 0.2) is 0 Å². The fraction of sp³-hybridized carbons (Fsp3) is 0.864. The minimum absolute atomic E-state index is 0.399. The van der Waals surface area contributed by atoms with E-state index in [1.54, 1.807) is 0 Å². The van der Waals surface area contributed by atoms with E-state index in [0.29, 0.717) is 5.91 Å². The average Bonchev–Trinajstić information content (AvgIpc) is 3.13. The van der Waals surface area contributed by atoms with Gasteiger partial charge in [-0.15, -0.1) is 0 Å². The van der Waals surface area contributed by atoms with Gasteiger partial charge in [0.05, 0.1) is 0 Å². The van der Waals surface area contributed by atoms with Gasteiger partial charge in [0.2, 0.25) is 5.91 Å². The number of amides is 1. The monoisotopic (exact) mass is 335 g/mol. The minimum atomic E-state index is 0.399. The molecule has 1 fully saturated rings. The van der Waals surface area contributed by atoms with Crippen molar-refractivity contribution in [1.29, 1.82) is 0 Å². The predicted molar refractivity (Wildman–Crippen MR) is 105 cm³/mol. The molecule has 2 nitrogen and oxygen atoms in total. The van der Waals surface area contributed by atoms with Crippen LogP contribution in [0.3, 0.4) is 0 Å². The molecule has 1 aliphatic rings. The van der Waals surface area contributed by atoms with Crippen LogP contribution in [0.1, 0.15) is 110 Å². The van der Waals surface area contributed by atoms with E-state index in [2.05, 4.69) is 24.0 Å². The van der Waals surface area contributed by atoms with Crippen LogP contribution in [0.4, 0.5) is 0 Å².